The summed E-state index contributed by atoms with van der Waals surface area (Å²) in [5.41, 5.74) is 1.82. The lowest BCUT2D eigenvalue weighted by atomic mass is 10.1. The van der Waals surface area contributed by atoms with Gasteiger partial charge in [0.2, 0.25) is 0 Å². The summed E-state index contributed by atoms with van der Waals surface area (Å²) in [6.45, 7) is 7.10. The van der Waals surface area contributed by atoms with E-state index < -0.39 is 5.82 Å². The Morgan fingerprint density at radius 2 is 2.03 bits per heavy atom. The third-order valence-corrected chi connectivity index (χ3v) is 6.28. The Bertz CT molecular complexity index is 904. The summed E-state index contributed by atoms with van der Waals surface area (Å²) >= 11 is 0. The Balaban J connectivity index is 1.41. The van der Waals surface area contributed by atoms with Gasteiger partial charge in [-0.1, -0.05) is 6.07 Å². The number of rotatable bonds is 6. The van der Waals surface area contributed by atoms with Crippen LogP contribution in [0.5, 0.6) is 5.75 Å². The molecule has 0 unspecified atom stereocenters. The standard InChI is InChI=1S/C24H30FN3O2/c1-17-6-3-8-19(26-17)16-30-21-10-11-22(23(25)14-21)24(29)28-13-5-9-20(28)15-27-12-4-7-18(27)2/h3,6,8,10-11,14,18,20H,4-5,7,9,12-13,15-16H2,1-2H3/t18-,20+/m1/s1. The maximum Gasteiger partial charge on any atom is 0.257 e. The molecule has 2 aliphatic rings. The highest BCUT2D eigenvalue weighted by atomic mass is 19.1. The molecular formula is C24H30FN3O2. The molecule has 160 valence electrons. The summed E-state index contributed by atoms with van der Waals surface area (Å²) in [4.78, 5) is 21.8. The number of ether oxygens (including phenoxy) is 1. The van der Waals surface area contributed by atoms with E-state index in [1.807, 2.05) is 30.0 Å². The van der Waals surface area contributed by atoms with Crippen LogP contribution in [0.1, 0.15) is 54.4 Å². The van der Waals surface area contributed by atoms with Gasteiger partial charge in [0, 0.05) is 36.9 Å². The number of pyridine rings is 1. The highest BCUT2D eigenvalue weighted by molar-refractivity contribution is 5.95. The second kappa shape index (κ2) is 9.13. The molecule has 0 radical (unpaired) electrons. The quantitative estimate of drug-likeness (QED) is 0.715. The van der Waals surface area contributed by atoms with Crippen molar-refractivity contribution in [2.24, 2.45) is 0 Å². The molecule has 0 spiro atoms. The van der Waals surface area contributed by atoms with E-state index in [0.29, 0.717) is 18.3 Å². The van der Waals surface area contributed by atoms with E-state index in [9.17, 15) is 9.18 Å². The van der Waals surface area contributed by atoms with Gasteiger partial charge in [0.25, 0.3) is 5.91 Å². The van der Waals surface area contributed by atoms with Crippen molar-refractivity contribution in [1.29, 1.82) is 0 Å². The smallest absolute Gasteiger partial charge is 0.257 e. The zero-order valence-corrected chi connectivity index (χ0v) is 17.8. The molecule has 4 rings (SSSR count). The Morgan fingerprint density at radius 3 is 2.77 bits per heavy atom. The molecule has 2 saturated heterocycles. The maximum atomic E-state index is 14.8. The van der Waals surface area contributed by atoms with Crippen LogP contribution in [0.2, 0.25) is 0 Å². The summed E-state index contributed by atoms with van der Waals surface area (Å²) in [6.07, 6.45) is 4.40. The van der Waals surface area contributed by atoms with Gasteiger partial charge in [-0.2, -0.15) is 0 Å². The molecule has 5 nitrogen and oxygen atoms in total. The third kappa shape index (κ3) is 4.64. The van der Waals surface area contributed by atoms with Crippen LogP contribution in [0.15, 0.2) is 36.4 Å². The molecule has 6 heteroatoms. The first kappa shape index (κ1) is 20.8. The topological polar surface area (TPSA) is 45.7 Å². The van der Waals surface area contributed by atoms with Crippen molar-refractivity contribution >= 4 is 5.91 Å². The monoisotopic (exact) mass is 411 g/mol. The molecule has 2 aliphatic heterocycles. The average molecular weight is 412 g/mol. The van der Waals surface area contributed by atoms with Gasteiger partial charge in [-0.05, 0) is 70.3 Å². The number of hydrogen-bond donors (Lipinski definition) is 0. The van der Waals surface area contributed by atoms with Crippen molar-refractivity contribution in [2.75, 3.05) is 19.6 Å². The van der Waals surface area contributed by atoms with Gasteiger partial charge in [0.05, 0.1) is 11.3 Å². The van der Waals surface area contributed by atoms with E-state index in [1.165, 1.54) is 18.9 Å². The van der Waals surface area contributed by atoms with E-state index in [-0.39, 0.29) is 24.1 Å². The minimum absolute atomic E-state index is 0.123. The van der Waals surface area contributed by atoms with Crippen molar-refractivity contribution in [3.63, 3.8) is 0 Å². The van der Waals surface area contributed by atoms with Crippen LogP contribution >= 0.6 is 0 Å². The second-order valence-electron chi connectivity index (χ2n) is 8.48. The van der Waals surface area contributed by atoms with E-state index >= 15 is 0 Å². The van der Waals surface area contributed by atoms with Crippen molar-refractivity contribution in [3.05, 3.63) is 59.2 Å². The Labute approximate surface area is 177 Å². The molecule has 1 aromatic heterocycles. The summed E-state index contributed by atoms with van der Waals surface area (Å²) in [7, 11) is 0. The fraction of sp³-hybridized carbons (Fsp3) is 0.500. The highest BCUT2D eigenvalue weighted by Crippen LogP contribution is 2.26. The number of amides is 1. The van der Waals surface area contributed by atoms with E-state index in [1.54, 1.807) is 12.1 Å². The predicted molar refractivity (Wildman–Crippen MR) is 114 cm³/mol. The van der Waals surface area contributed by atoms with Gasteiger partial charge >= 0.3 is 0 Å². The molecule has 0 aliphatic carbocycles. The molecule has 2 aromatic rings. The molecule has 3 heterocycles. The number of benzene rings is 1. The van der Waals surface area contributed by atoms with Gasteiger partial charge in [-0.3, -0.25) is 14.7 Å². The Hall–Kier alpha value is -2.47. The van der Waals surface area contributed by atoms with E-state index in [4.69, 9.17) is 4.74 Å². The first-order valence-electron chi connectivity index (χ1n) is 10.9. The summed E-state index contributed by atoms with van der Waals surface area (Å²) in [5, 5.41) is 0. The summed E-state index contributed by atoms with van der Waals surface area (Å²) in [5.74, 6) is -0.347. The van der Waals surface area contributed by atoms with Crippen LogP contribution < -0.4 is 4.74 Å². The number of aryl methyl sites for hydroxylation is 1. The van der Waals surface area contributed by atoms with Crippen molar-refractivity contribution in [2.45, 2.75) is 58.2 Å². The highest BCUT2D eigenvalue weighted by Gasteiger charge is 2.33. The number of aromatic nitrogens is 1. The number of nitrogens with zero attached hydrogens (tertiary/aromatic N) is 3. The van der Waals surface area contributed by atoms with Crippen LogP contribution in [0.25, 0.3) is 0 Å². The molecule has 0 N–H and O–H groups in total. The summed E-state index contributed by atoms with van der Waals surface area (Å²) < 4.78 is 20.5. The van der Waals surface area contributed by atoms with Crippen LogP contribution in [-0.4, -0.2) is 52.4 Å². The molecular weight excluding hydrogens is 381 g/mol. The van der Waals surface area contributed by atoms with E-state index in [0.717, 1.165) is 37.3 Å². The number of hydrogen-bond acceptors (Lipinski definition) is 4. The van der Waals surface area contributed by atoms with Crippen molar-refractivity contribution in [1.82, 2.24) is 14.8 Å². The lowest BCUT2D eigenvalue weighted by Crippen LogP contribution is -2.44. The fourth-order valence-electron chi connectivity index (χ4n) is 4.58. The molecule has 30 heavy (non-hydrogen) atoms. The molecule has 1 amide bonds. The minimum Gasteiger partial charge on any atom is -0.487 e. The minimum atomic E-state index is -0.533. The van der Waals surface area contributed by atoms with Crippen molar-refractivity contribution in [3.8, 4) is 5.75 Å². The van der Waals surface area contributed by atoms with Crippen LogP contribution in [0, 0.1) is 12.7 Å². The molecule has 1 aromatic carbocycles. The van der Waals surface area contributed by atoms with Gasteiger partial charge in [0.15, 0.2) is 0 Å². The lowest BCUT2D eigenvalue weighted by Gasteiger charge is -2.31. The normalized spacial score (nSPS) is 21.9. The number of likely N-dealkylation sites (tertiary alicyclic amines) is 2. The average Bonchev–Trinajstić information content (AvgIpc) is 3.35. The first-order valence-corrected chi connectivity index (χ1v) is 10.9. The van der Waals surface area contributed by atoms with E-state index in [2.05, 4.69) is 16.8 Å². The number of carbonyl (C=O) groups is 1. The first-order chi connectivity index (χ1) is 14.5. The predicted octanol–water partition coefficient (Wildman–Crippen LogP) is 4.20. The SMILES string of the molecule is Cc1cccc(COc2ccc(C(=O)N3CCC[C@H]3CN3CCC[C@H]3C)c(F)c2)n1. The van der Waals surface area contributed by atoms with Crippen molar-refractivity contribution < 1.29 is 13.9 Å². The Kier molecular flexibility index (Phi) is 6.32. The molecule has 0 bridgehead atoms. The van der Waals surface area contributed by atoms with Crippen LogP contribution in [0.4, 0.5) is 4.39 Å². The van der Waals surface area contributed by atoms with Crippen LogP contribution in [0.3, 0.4) is 0 Å². The number of halogens is 1. The van der Waals surface area contributed by atoms with Crippen LogP contribution in [-0.2, 0) is 6.61 Å². The van der Waals surface area contributed by atoms with Gasteiger partial charge in [-0.15, -0.1) is 0 Å². The number of carbonyl (C=O) groups excluding carboxylic acids is 1. The Morgan fingerprint density at radius 1 is 1.20 bits per heavy atom. The van der Waals surface area contributed by atoms with Gasteiger partial charge in [0.1, 0.15) is 18.2 Å². The largest absolute Gasteiger partial charge is 0.487 e. The third-order valence-electron chi connectivity index (χ3n) is 6.28. The van der Waals surface area contributed by atoms with Gasteiger partial charge < -0.3 is 9.64 Å². The zero-order chi connectivity index (χ0) is 21.1. The zero-order valence-electron chi connectivity index (χ0n) is 17.8. The molecule has 2 atom stereocenters. The molecule has 0 saturated carbocycles. The second-order valence-corrected chi connectivity index (χ2v) is 8.48. The molecule has 2 fully saturated rings. The fourth-order valence-corrected chi connectivity index (χ4v) is 4.58. The lowest BCUT2D eigenvalue weighted by molar-refractivity contribution is 0.0692. The summed E-state index contributed by atoms with van der Waals surface area (Å²) in [6, 6.07) is 11.0. The van der Waals surface area contributed by atoms with Gasteiger partial charge in [-0.25, -0.2) is 4.39 Å². The maximum absolute atomic E-state index is 14.8.